The molecular formula is C12H18IN. The smallest absolute Gasteiger partial charge is 0.0354 e. The van der Waals surface area contributed by atoms with Crippen molar-refractivity contribution >= 4 is 22.6 Å². The highest BCUT2D eigenvalue weighted by molar-refractivity contribution is 14.1. The quantitative estimate of drug-likeness (QED) is 0.788. The van der Waals surface area contributed by atoms with Gasteiger partial charge in [-0.1, -0.05) is 38.5 Å². The standard InChI is InChI=1S/C12H18IN/c1-8-5-6-10(13)9(7-8)11(14)12(2,3)4/h5-7,11H,14H2,1-4H3/t11-/m1/s1. The summed E-state index contributed by atoms with van der Waals surface area (Å²) in [5.74, 6) is 0. The van der Waals surface area contributed by atoms with Crippen LogP contribution in [0.4, 0.5) is 0 Å². The molecule has 0 unspecified atom stereocenters. The van der Waals surface area contributed by atoms with Gasteiger partial charge >= 0.3 is 0 Å². The highest BCUT2D eigenvalue weighted by Gasteiger charge is 2.23. The van der Waals surface area contributed by atoms with Gasteiger partial charge in [0.25, 0.3) is 0 Å². The molecule has 0 aliphatic heterocycles. The second-order valence-electron chi connectivity index (χ2n) is 4.87. The van der Waals surface area contributed by atoms with Gasteiger partial charge in [-0.15, -0.1) is 0 Å². The summed E-state index contributed by atoms with van der Waals surface area (Å²) in [6, 6.07) is 6.56. The Bertz CT molecular complexity index is 326. The molecule has 1 aromatic rings. The van der Waals surface area contributed by atoms with Crippen molar-refractivity contribution in [2.75, 3.05) is 0 Å². The van der Waals surface area contributed by atoms with Crippen molar-refractivity contribution in [2.24, 2.45) is 11.1 Å². The molecule has 0 bridgehead atoms. The van der Waals surface area contributed by atoms with E-state index in [0.29, 0.717) is 0 Å². The maximum atomic E-state index is 6.24. The number of halogens is 1. The maximum absolute atomic E-state index is 6.24. The van der Waals surface area contributed by atoms with Gasteiger partial charge in [-0.25, -0.2) is 0 Å². The Hall–Kier alpha value is -0.0900. The zero-order chi connectivity index (χ0) is 10.9. The van der Waals surface area contributed by atoms with E-state index in [0.717, 1.165) is 0 Å². The highest BCUT2D eigenvalue weighted by atomic mass is 127. The van der Waals surface area contributed by atoms with Crippen molar-refractivity contribution in [3.8, 4) is 0 Å². The summed E-state index contributed by atoms with van der Waals surface area (Å²) in [4.78, 5) is 0. The first kappa shape index (κ1) is 12.0. The van der Waals surface area contributed by atoms with E-state index in [1.807, 2.05) is 0 Å². The Morgan fingerprint density at radius 2 is 1.86 bits per heavy atom. The lowest BCUT2D eigenvalue weighted by molar-refractivity contribution is 0.326. The number of rotatable bonds is 1. The number of aryl methyl sites for hydroxylation is 1. The second kappa shape index (κ2) is 4.19. The van der Waals surface area contributed by atoms with Crippen LogP contribution in [-0.4, -0.2) is 0 Å². The molecule has 2 heteroatoms. The van der Waals surface area contributed by atoms with Crippen LogP contribution in [0.15, 0.2) is 18.2 Å². The normalized spacial score (nSPS) is 14.1. The Morgan fingerprint density at radius 1 is 1.29 bits per heavy atom. The van der Waals surface area contributed by atoms with Gasteiger partial charge in [0.2, 0.25) is 0 Å². The van der Waals surface area contributed by atoms with Crippen LogP contribution in [0.2, 0.25) is 0 Å². The van der Waals surface area contributed by atoms with Crippen molar-refractivity contribution < 1.29 is 0 Å². The van der Waals surface area contributed by atoms with Crippen LogP contribution in [-0.2, 0) is 0 Å². The fraction of sp³-hybridized carbons (Fsp3) is 0.500. The van der Waals surface area contributed by atoms with Crippen LogP contribution in [0.3, 0.4) is 0 Å². The molecule has 0 radical (unpaired) electrons. The van der Waals surface area contributed by atoms with Gasteiger partial charge in [-0.2, -0.15) is 0 Å². The van der Waals surface area contributed by atoms with Gasteiger partial charge in [0.1, 0.15) is 0 Å². The predicted molar refractivity (Wildman–Crippen MR) is 70.3 cm³/mol. The Kier molecular flexibility index (Phi) is 3.58. The van der Waals surface area contributed by atoms with Crippen LogP contribution in [0, 0.1) is 15.9 Å². The number of nitrogens with two attached hydrogens (primary N) is 1. The Labute approximate surface area is 100 Å². The molecule has 1 aromatic carbocycles. The predicted octanol–water partition coefficient (Wildman–Crippen LogP) is 3.65. The van der Waals surface area contributed by atoms with Crippen LogP contribution in [0.25, 0.3) is 0 Å². The molecular weight excluding hydrogens is 285 g/mol. The molecule has 0 aromatic heterocycles. The third kappa shape index (κ3) is 2.70. The van der Waals surface area contributed by atoms with Crippen molar-refractivity contribution in [3.05, 3.63) is 32.9 Å². The Balaban J connectivity index is 3.12. The minimum atomic E-state index is 0.106. The summed E-state index contributed by atoms with van der Waals surface area (Å²) in [5.41, 5.74) is 8.90. The van der Waals surface area contributed by atoms with Gasteiger partial charge in [0, 0.05) is 9.61 Å². The van der Waals surface area contributed by atoms with E-state index in [2.05, 4.69) is 68.5 Å². The van der Waals surface area contributed by atoms with E-state index in [9.17, 15) is 0 Å². The number of hydrogen-bond donors (Lipinski definition) is 1. The molecule has 2 N–H and O–H groups in total. The van der Waals surface area contributed by atoms with Crippen molar-refractivity contribution in [3.63, 3.8) is 0 Å². The molecule has 0 aliphatic rings. The molecule has 1 atom stereocenters. The average molecular weight is 303 g/mol. The summed E-state index contributed by atoms with van der Waals surface area (Å²) in [5, 5.41) is 0. The molecule has 1 rings (SSSR count). The molecule has 0 heterocycles. The van der Waals surface area contributed by atoms with Crippen LogP contribution in [0.5, 0.6) is 0 Å². The van der Waals surface area contributed by atoms with Gasteiger partial charge in [-0.3, -0.25) is 0 Å². The van der Waals surface area contributed by atoms with E-state index in [-0.39, 0.29) is 11.5 Å². The zero-order valence-electron chi connectivity index (χ0n) is 9.26. The molecule has 78 valence electrons. The first-order valence-electron chi connectivity index (χ1n) is 4.84. The third-order valence-corrected chi connectivity index (χ3v) is 3.40. The van der Waals surface area contributed by atoms with Crippen molar-refractivity contribution in [2.45, 2.75) is 33.7 Å². The second-order valence-corrected chi connectivity index (χ2v) is 6.03. The Morgan fingerprint density at radius 3 is 2.36 bits per heavy atom. The fourth-order valence-electron chi connectivity index (χ4n) is 1.37. The molecule has 0 saturated carbocycles. The summed E-state index contributed by atoms with van der Waals surface area (Å²) in [7, 11) is 0. The van der Waals surface area contributed by atoms with Crippen molar-refractivity contribution in [1.29, 1.82) is 0 Å². The monoisotopic (exact) mass is 303 g/mol. The number of hydrogen-bond acceptors (Lipinski definition) is 1. The first-order valence-corrected chi connectivity index (χ1v) is 5.92. The van der Waals surface area contributed by atoms with E-state index in [1.54, 1.807) is 0 Å². The zero-order valence-corrected chi connectivity index (χ0v) is 11.4. The van der Waals surface area contributed by atoms with Crippen molar-refractivity contribution in [1.82, 2.24) is 0 Å². The molecule has 14 heavy (non-hydrogen) atoms. The van der Waals surface area contributed by atoms with Gasteiger partial charge in [0.05, 0.1) is 0 Å². The maximum Gasteiger partial charge on any atom is 0.0354 e. The number of benzene rings is 1. The van der Waals surface area contributed by atoms with E-state index in [4.69, 9.17) is 5.73 Å². The van der Waals surface area contributed by atoms with Crippen LogP contribution >= 0.6 is 22.6 Å². The lowest BCUT2D eigenvalue weighted by Crippen LogP contribution is -2.27. The summed E-state index contributed by atoms with van der Waals surface area (Å²) >= 11 is 2.35. The summed E-state index contributed by atoms with van der Waals surface area (Å²) in [6.45, 7) is 8.64. The minimum Gasteiger partial charge on any atom is -0.323 e. The third-order valence-electron chi connectivity index (χ3n) is 2.42. The molecule has 0 spiro atoms. The van der Waals surface area contributed by atoms with Gasteiger partial charge in [-0.05, 0) is 46.6 Å². The largest absolute Gasteiger partial charge is 0.323 e. The lowest BCUT2D eigenvalue weighted by atomic mass is 9.83. The fourth-order valence-corrected chi connectivity index (χ4v) is 2.04. The lowest BCUT2D eigenvalue weighted by Gasteiger charge is -2.28. The van der Waals surface area contributed by atoms with Crippen LogP contribution < -0.4 is 5.73 Å². The van der Waals surface area contributed by atoms with E-state index >= 15 is 0 Å². The average Bonchev–Trinajstić information content (AvgIpc) is 2.06. The molecule has 0 aliphatic carbocycles. The summed E-state index contributed by atoms with van der Waals surface area (Å²) < 4.78 is 1.26. The molecule has 0 amide bonds. The highest BCUT2D eigenvalue weighted by Crippen LogP contribution is 2.33. The summed E-state index contributed by atoms with van der Waals surface area (Å²) in [6.07, 6.45) is 0. The topological polar surface area (TPSA) is 26.0 Å². The minimum absolute atomic E-state index is 0.106. The molecule has 0 fully saturated rings. The van der Waals surface area contributed by atoms with Gasteiger partial charge in [0.15, 0.2) is 0 Å². The molecule has 0 saturated heterocycles. The van der Waals surface area contributed by atoms with Crippen LogP contribution in [0.1, 0.15) is 37.9 Å². The van der Waals surface area contributed by atoms with Gasteiger partial charge < -0.3 is 5.73 Å². The van der Waals surface area contributed by atoms with E-state index < -0.39 is 0 Å². The first-order chi connectivity index (χ1) is 6.32. The SMILES string of the molecule is Cc1ccc(I)c([C@@H](N)C(C)(C)C)c1. The van der Waals surface area contributed by atoms with E-state index in [1.165, 1.54) is 14.7 Å². The molecule has 1 nitrogen and oxygen atoms in total.